The number of hydrogen-bond donors (Lipinski definition) is 12. The number of carboxylic acid groups (broad SMARTS) is 1. The number of phosphoric acid groups is 1. The third-order valence-corrected chi connectivity index (χ3v) is 10.2. The molecule has 338 valence electrons. The van der Waals surface area contributed by atoms with Crippen LogP contribution in [-0.4, -0.2) is 127 Å². The number of aromatic amines is 1. The Morgan fingerprint density at radius 2 is 1.52 bits per heavy atom. The first-order valence-corrected chi connectivity index (χ1v) is 21.4. The Bertz CT molecular complexity index is 1860. The van der Waals surface area contributed by atoms with Gasteiger partial charge in [-0.1, -0.05) is 26.0 Å². The minimum atomic E-state index is -4.89. The summed E-state index contributed by atoms with van der Waals surface area (Å²) in [7, 11) is -4.89. The second kappa shape index (κ2) is 24.0. The summed E-state index contributed by atoms with van der Waals surface area (Å²) in [6.45, 7) is 3.91. The van der Waals surface area contributed by atoms with Gasteiger partial charge >= 0.3 is 13.8 Å². The summed E-state index contributed by atoms with van der Waals surface area (Å²) in [4.78, 5) is 111. The number of aromatic nitrogens is 2. The molecule has 5 amide bonds. The zero-order valence-electron chi connectivity index (χ0n) is 34.2. The number of amides is 5. The average molecular weight is 879 g/mol. The first kappa shape index (κ1) is 49.8. The molecule has 1 fully saturated rings. The molecule has 1 aliphatic rings. The predicted molar refractivity (Wildman–Crippen MR) is 221 cm³/mol. The molecule has 6 atom stereocenters. The number of aliphatic carboxylic acids is 1. The fraction of sp³-hybridized carbons (Fsp3) is 0.568. The third-order valence-electron chi connectivity index (χ3n) is 9.76. The van der Waals surface area contributed by atoms with E-state index in [1.807, 2.05) is 0 Å². The summed E-state index contributed by atoms with van der Waals surface area (Å²) in [5, 5.41) is 20.4. The molecular formula is C37H59N12O11P. The molecule has 0 bridgehead atoms. The molecule has 0 unspecified atom stereocenters. The van der Waals surface area contributed by atoms with Crippen LogP contribution in [0.5, 0.6) is 5.75 Å². The molecule has 1 saturated heterocycles. The fourth-order valence-corrected chi connectivity index (χ4v) is 6.98. The van der Waals surface area contributed by atoms with Crippen LogP contribution in [0, 0.1) is 5.92 Å². The van der Waals surface area contributed by atoms with E-state index in [0.29, 0.717) is 37.1 Å². The standard InChI is InChI=1S/C37H59N12O11P/c1-21(2)30(35(54)49-16-6-9-29(49)36(55)56)48-33(52)27(8-5-15-43-37(40)41)46-34(53)28(17-22-10-12-24(13-11-22)60-61(57,58)59)47-32(51)26(7-3-4-14-38)45-31(50)25(39)18-23-19-42-20-44-23/h10-13,19-21,25-30H,3-9,14-18,38-39H2,1-2H3,(H,42,44)(H,45,50)(H,46,53)(H,47,51)(H,48,52)(H,55,56)(H4,40,41,43)(H2,57,58,59)/t25-,26-,27-,28-,29-,30-/m0/s1. The zero-order chi connectivity index (χ0) is 45.3. The van der Waals surface area contributed by atoms with E-state index >= 15 is 0 Å². The SMILES string of the molecule is CC(C)[C@H](NC(=O)[C@H](CCCN=C(N)N)NC(=O)[C@H](Cc1ccc(OP(=O)(O)O)cc1)NC(=O)[C@H](CCCCN)NC(=O)[C@@H](N)Cc1cnc[nH]1)C(=O)N1CCC[C@H]1C(=O)O. The minimum absolute atomic E-state index is 0.0457. The van der Waals surface area contributed by atoms with Gasteiger partial charge in [0.2, 0.25) is 29.5 Å². The maximum atomic E-state index is 14.3. The van der Waals surface area contributed by atoms with Crippen molar-refractivity contribution in [2.24, 2.45) is 33.8 Å². The topological polar surface area (TPSA) is 386 Å². The Balaban J connectivity index is 1.94. The molecule has 1 aromatic heterocycles. The van der Waals surface area contributed by atoms with Crippen molar-refractivity contribution in [3.05, 3.63) is 48.0 Å². The number of benzene rings is 1. The van der Waals surface area contributed by atoms with Gasteiger partial charge in [0.25, 0.3) is 0 Å². The maximum Gasteiger partial charge on any atom is 0.524 e. The normalized spacial score (nSPS) is 16.4. The van der Waals surface area contributed by atoms with Crippen LogP contribution in [0.2, 0.25) is 0 Å². The van der Waals surface area contributed by atoms with Crippen LogP contribution in [0.1, 0.15) is 70.1 Å². The number of nitrogens with zero attached hydrogens (tertiary/aromatic N) is 3. The molecule has 2 aromatic rings. The number of carboxylic acids is 1. The van der Waals surface area contributed by atoms with Gasteiger partial charge in [0.05, 0.1) is 12.4 Å². The van der Waals surface area contributed by atoms with Crippen molar-refractivity contribution in [3.8, 4) is 5.75 Å². The molecule has 0 saturated carbocycles. The lowest BCUT2D eigenvalue weighted by Gasteiger charge is -2.31. The van der Waals surface area contributed by atoms with E-state index in [9.17, 15) is 48.2 Å². The van der Waals surface area contributed by atoms with Crippen molar-refractivity contribution in [3.63, 3.8) is 0 Å². The summed E-state index contributed by atoms with van der Waals surface area (Å²) < 4.78 is 16.0. The Morgan fingerprint density at radius 1 is 0.918 bits per heavy atom. The first-order chi connectivity index (χ1) is 28.8. The molecule has 61 heavy (non-hydrogen) atoms. The number of aliphatic imine (C=N–C) groups is 1. The van der Waals surface area contributed by atoms with E-state index in [0.717, 1.165) is 0 Å². The van der Waals surface area contributed by atoms with Gasteiger partial charge in [0, 0.05) is 37.8 Å². The Kier molecular flexibility index (Phi) is 19.6. The van der Waals surface area contributed by atoms with E-state index < -0.39 is 85.5 Å². The van der Waals surface area contributed by atoms with E-state index in [1.54, 1.807) is 13.8 Å². The fourth-order valence-electron chi connectivity index (χ4n) is 6.59. The number of phosphoric ester groups is 1. The number of carbonyl (C=O) groups is 6. The quantitative estimate of drug-likeness (QED) is 0.0219. The zero-order valence-corrected chi connectivity index (χ0v) is 35.1. The van der Waals surface area contributed by atoms with Crippen LogP contribution in [0.4, 0.5) is 0 Å². The van der Waals surface area contributed by atoms with Crippen molar-refractivity contribution in [2.75, 3.05) is 19.6 Å². The highest BCUT2D eigenvalue weighted by molar-refractivity contribution is 7.46. The van der Waals surface area contributed by atoms with Crippen molar-refractivity contribution in [1.82, 2.24) is 36.1 Å². The summed E-state index contributed by atoms with van der Waals surface area (Å²) in [6.07, 6.45) is 4.70. The van der Waals surface area contributed by atoms with Gasteiger partial charge in [-0.15, -0.1) is 0 Å². The number of imidazole rings is 1. The molecular weight excluding hydrogens is 819 g/mol. The van der Waals surface area contributed by atoms with Gasteiger partial charge < -0.3 is 63.7 Å². The number of unbranched alkanes of at least 4 members (excludes halogenated alkanes) is 1. The maximum absolute atomic E-state index is 14.3. The molecule has 1 aromatic carbocycles. The van der Waals surface area contributed by atoms with E-state index in [4.69, 9.17) is 22.9 Å². The summed E-state index contributed by atoms with van der Waals surface area (Å²) in [5.41, 5.74) is 23.8. The Labute approximate surface area is 352 Å². The lowest BCUT2D eigenvalue weighted by Crippen LogP contribution is -2.60. The second-order valence-corrected chi connectivity index (χ2v) is 16.2. The Hall–Kier alpha value is -5.61. The number of likely N-dealkylation sites (tertiary alicyclic amines) is 1. The van der Waals surface area contributed by atoms with Crippen LogP contribution < -0.4 is 48.7 Å². The van der Waals surface area contributed by atoms with Crippen LogP contribution in [0.15, 0.2) is 41.8 Å². The monoisotopic (exact) mass is 878 g/mol. The third kappa shape index (κ3) is 16.8. The summed E-state index contributed by atoms with van der Waals surface area (Å²) in [5.74, 6) is -5.69. The number of carbonyl (C=O) groups excluding carboxylic acids is 5. The van der Waals surface area contributed by atoms with Crippen LogP contribution >= 0.6 is 7.82 Å². The van der Waals surface area contributed by atoms with E-state index in [1.165, 1.54) is 41.7 Å². The van der Waals surface area contributed by atoms with Crippen molar-refractivity contribution < 1.29 is 52.7 Å². The molecule has 0 spiro atoms. The van der Waals surface area contributed by atoms with Crippen molar-refractivity contribution in [2.45, 2.75) is 108 Å². The van der Waals surface area contributed by atoms with Gasteiger partial charge in [0.1, 0.15) is 36.0 Å². The Morgan fingerprint density at radius 3 is 2.10 bits per heavy atom. The van der Waals surface area contributed by atoms with Crippen molar-refractivity contribution in [1.29, 1.82) is 0 Å². The predicted octanol–water partition coefficient (Wildman–Crippen LogP) is -2.15. The summed E-state index contributed by atoms with van der Waals surface area (Å²) in [6, 6.07) is -1.91. The largest absolute Gasteiger partial charge is 0.524 e. The van der Waals surface area contributed by atoms with Gasteiger partial charge in [0.15, 0.2) is 5.96 Å². The van der Waals surface area contributed by atoms with E-state index in [-0.39, 0.29) is 63.3 Å². The van der Waals surface area contributed by atoms with Crippen LogP contribution in [-0.2, 0) is 46.2 Å². The van der Waals surface area contributed by atoms with Gasteiger partial charge in [-0.05, 0) is 75.1 Å². The number of H-pyrrole nitrogens is 1. The molecule has 24 heteroatoms. The lowest BCUT2D eigenvalue weighted by atomic mass is 10.00. The second-order valence-electron chi connectivity index (χ2n) is 15.0. The number of guanidine groups is 1. The van der Waals surface area contributed by atoms with E-state index in [2.05, 4.69) is 40.8 Å². The number of nitrogens with one attached hydrogen (secondary N) is 5. The summed E-state index contributed by atoms with van der Waals surface area (Å²) >= 11 is 0. The van der Waals surface area contributed by atoms with Gasteiger partial charge in [-0.25, -0.2) is 14.3 Å². The highest BCUT2D eigenvalue weighted by atomic mass is 31.2. The minimum Gasteiger partial charge on any atom is -0.480 e. The van der Waals surface area contributed by atoms with Crippen molar-refractivity contribution >= 4 is 49.3 Å². The first-order valence-electron chi connectivity index (χ1n) is 19.9. The highest BCUT2D eigenvalue weighted by Crippen LogP contribution is 2.37. The van der Waals surface area contributed by atoms with Gasteiger partial charge in [-0.3, -0.25) is 38.8 Å². The van der Waals surface area contributed by atoms with Gasteiger partial charge in [-0.2, -0.15) is 0 Å². The number of hydrogen-bond acceptors (Lipinski definition) is 12. The van der Waals surface area contributed by atoms with Crippen LogP contribution in [0.3, 0.4) is 0 Å². The molecule has 1 aliphatic heterocycles. The average Bonchev–Trinajstić information content (AvgIpc) is 3.90. The lowest BCUT2D eigenvalue weighted by molar-refractivity contribution is -0.150. The molecule has 2 heterocycles. The molecule has 16 N–H and O–H groups in total. The van der Waals surface area contributed by atoms with Crippen LogP contribution in [0.25, 0.3) is 0 Å². The molecule has 0 aliphatic carbocycles. The molecule has 3 rings (SSSR count). The number of nitrogens with two attached hydrogens (primary N) is 4. The smallest absolute Gasteiger partial charge is 0.480 e. The highest BCUT2D eigenvalue weighted by Gasteiger charge is 2.40. The molecule has 0 radical (unpaired) electrons. The number of rotatable bonds is 25. The molecule has 23 nitrogen and oxygen atoms in total.